The Bertz CT molecular complexity index is 2210. The van der Waals surface area contributed by atoms with Crippen LogP contribution in [0.2, 0.25) is 0 Å². The molecule has 0 fully saturated rings. The van der Waals surface area contributed by atoms with E-state index in [2.05, 4.69) is 144 Å². The maximum atomic E-state index is 6.61. The number of hydrogen-bond donors (Lipinski definition) is 0. The topological polar surface area (TPSA) is 25.6 Å². The van der Waals surface area contributed by atoms with Crippen molar-refractivity contribution in [3.63, 3.8) is 0 Å². The van der Waals surface area contributed by atoms with Crippen molar-refractivity contribution < 1.29 is 9.15 Å². The van der Waals surface area contributed by atoms with Crippen molar-refractivity contribution in [1.82, 2.24) is 0 Å². The fraction of sp³-hybridized carbons (Fsp3) is 0.0526. The van der Waals surface area contributed by atoms with Gasteiger partial charge in [-0.3, -0.25) is 0 Å². The van der Waals surface area contributed by atoms with Crippen LogP contribution in [0.1, 0.15) is 11.5 Å². The Kier molecular flexibility index (Phi) is 4.73. The number of rotatable bonds is 3. The van der Waals surface area contributed by atoms with E-state index < -0.39 is 0 Å². The highest BCUT2D eigenvalue weighted by Crippen LogP contribution is 2.48. The van der Waals surface area contributed by atoms with Crippen molar-refractivity contribution in [3.8, 4) is 5.75 Å². The Labute approximate surface area is 237 Å². The third kappa shape index (κ3) is 3.39. The molecule has 6 aromatic carbocycles. The first kappa shape index (κ1) is 22.5. The van der Waals surface area contributed by atoms with Gasteiger partial charge in [-0.15, -0.1) is 0 Å². The molecule has 1 aliphatic carbocycles. The zero-order valence-electron chi connectivity index (χ0n) is 22.2. The Morgan fingerprint density at radius 2 is 1.32 bits per heavy atom. The highest BCUT2D eigenvalue weighted by atomic mass is 16.5. The Hall–Kier alpha value is -5.28. The summed E-state index contributed by atoms with van der Waals surface area (Å²) in [6, 6.07) is 41.0. The third-order valence-electron chi connectivity index (χ3n) is 8.54. The predicted octanol–water partition coefficient (Wildman–Crippen LogP) is 10.3. The molecule has 0 bridgehead atoms. The molecule has 9 rings (SSSR count). The van der Waals surface area contributed by atoms with Gasteiger partial charge in [0.05, 0.1) is 5.69 Å². The van der Waals surface area contributed by atoms with Crippen LogP contribution in [0.25, 0.3) is 43.5 Å². The third-order valence-corrected chi connectivity index (χ3v) is 8.54. The number of benzene rings is 6. The van der Waals surface area contributed by atoms with E-state index >= 15 is 0 Å². The second kappa shape index (κ2) is 8.61. The monoisotopic (exact) mass is 527 g/mol. The first-order valence-electron chi connectivity index (χ1n) is 14.1. The lowest BCUT2D eigenvalue weighted by atomic mass is 9.91. The van der Waals surface area contributed by atoms with Gasteiger partial charge < -0.3 is 14.1 Å². The van der Waals surface area contributed by atoms with Crippen LogP contribution in [0, 0.1) is 0 Å². The van der Waals surface area contributed by atoms with Crippen molar-refractivity contribution in [2.75, 3.05) is 4.90 Å². The summed E-state index contributed by atoms with van der Waals surface area (Å²) < 4.78 is 12.9. The summed E-state index contributed by atoms with van der Waals surface area (Å²) in [6.45, 7) is 0. The molecule has 2 atom stereocenters. The number of fused-ring (bicyclic) bond motifs is 9. The Balaban J connectivity index is 1.32. The summed E-state index contributed by atoms with van der Waals surface area (Å²) in [4.78, 5) is 2.35. The van der Waals surface area contributed by atoms with Gasteiger partial charge in [-0.05, 0) is 64.7 Å². The van der Waals surface area contributed by atoms with Crippen LogP contribution in [0.3, 0.4) is 0 Å². The van der Waals surface area contributed by atoms with Crippen molar-refractivity contribution in [2.45, 2.75) is 12.0 Å². The summed E-state index contributed by atoms with van der Waals surface area (Å²) in [5.41, 5.74) is 6.27. The smallest absolute Gasteiger partial charge is 0.138 e. The van der Waals surface area contributed by atoms with Gasteiger partial charge in [0.2, 0.25) is 0 Å². The number of nitrogens with zero attached hydrogens (tertiary/aromatic N) is 1. The Morgan fingerprint density at radius 1 is 0.561 bits per heavy atom. The van der Waals surface area contributed by atoms with Crippen molar-refractivity contribution >= 4 is 60.5 Å². The summed E-state index contributed by atoms with van der Waals surface area (Å²) >= 11 is 0. The van der Waals surface area contributed by atoms with E-state index in [-0.39, 0.29) is 12.0 Å². The van der Waals surface area contributed by atoms with Crippen LogP contribution in [0.15, 0.2) is 144 Å². The van der Waals surface area contributed by atoms with E-state index in [9.17, 15) is 0 Å². The van der Waals surface area contributed by atoms with E-state index in [1.165, 1.54) is 27.1 Å². The summed E-state index contributed by atoms with van der Waals surface area (Å²) in [5, 5.41) is 7.05. The fourth-order valence-corrected chi connectivity index (χ4v) is 6.67. The first-order chi connectivity index (χ1) is 20.3. The van der Waals surface area contributed by atoms with Gasteiger partial charge >= 0.3 is 0 Å². The molecule has 1 aromatic heterocycles. The lowest BCUT2D eigenvalue weighted by Gasteiger charge is -2.27. The molecule has 2 aliphatic rings. The highest BCUT2D eigenvalue weighted by Gasteiger charge is 2.33. The second-order valence-electron chi connectivity index (χ2n) is 10.9. The van der Waals surface area contributed by atoms with Crippen LogP contribution in [0.5, 0.6) is 5.75 Å². The molecule has 0 saturated heterocycles. The van der Waals surface area contributed by atoms with Crippen LogP contribution in [-0.2, 0) is 0 Å². The van der Waals surface area contributed by atoms with Gasteiger partial charge in [-0.1, -0.05) is 85.0 Å². The molecule has 3 heteroatoms. The minimum absolute atomic E-state index is 0.0543. The molecule has 0 amide bonds. The van der Waals surface area contributed by atoms with Crippen molar-refractivity contribution in [1.29, 1.82) is 0 Å². The molecule has 0 N–H and O–H groups in total. The van der Waals surface area contributed by atoms with Gasteiger partial charge in [-0.25, -0.2) is 0 Å². The summed E-state index contributed by atoms with van der Waals surface area (Å²) in [6.07, 6.45) is 8.63. The van der Waals surface area contributed by atoms with Crippen molar-refractivity contribution in [2.24, 2.45) is 0 Å². The van der Waals surface area contributed by atoms with Gasteiger partial charge in [-0.2, -0.15) is 0 Å². The lowest BCUT2D eigenvalue weighted by molar-refractivity contribution is 0.269. The van der Waals surface area contributed by atoms with Crippen LogP contribution < -0.4 is 9.64 Å². The summed E-state index contributed by atoms with van der Waals surface area (Å²) in [5.74, 6) is 1.17. The van der Waals surface area contributed by atoms with E-state index in [1.807, 2.05) is 0 Å². The molecule has 41 heavy (non-hydrogen) atoms. The van der Waals surface area contributed by atoms with E-state index in [4.69, 9.17) is 9.15 Å². The quantitative estimate of drug-likeness (QED) is 0.229. The van der Waals surface area contributed by atoms with Crippen LogP contribution in [0.4, 0.5) is 17.1 Å². The second-order valence-corrected chi connectivity index (χ2v) is 10.9. The minimum atomic E-state index is 0.0543. The average molecular weight is 528 g/mol. The Morgan fingerprint density at radius 3 is 2.20 bits per heavy atom. The molecular formula is C38H25NO2. The summed E-state index contributed by atoms with van der Waals surface area (Å²) in [7, 11) is 0. The van der Waals surface area contributed by atoms with Crippen LogP contribution in [-0.4, -0.2) is 6.10 Å². The first-order valence-corrected chi connectivity index (χ1v) is 14.1. The molecule has 0 spiro atoms. The maximum Gasteiger partial charge on any atom is 0.138 e. The molecule has 3 nitrogen and oxygen atoms in total. The predicted molar refractivity (Wildman–Crippen MR) is 169 cm³/mol. The van der Waals surface area contributed by atoms with Gasteiger partial charge in [0, 0.05) is 45.1 Å². The van der Waals surface area contributed by atoms with E-state index in [0.29, 0.717) is 0 Å². The van der Waals surface area contributed by atoms with E-state index in [0.717, 1.165) is 44.8 Å². The molecule has 0 radical (unpaired) electrons. The zero-order chi connectivity index (χ0) is 26.9. The van der Waals surface area contributed by atoms with E-state index in [1.54, 1.807) is 0 Å². The van der Waals surface area contributed by atoms with Gasteiger partial charge in [0.1, 0.15) is 23.0 Å². The van der Waals surface area contributed by atoms with Crippen molar-refractivity contribution in [3.05, 3.63) is 145 Å². The molecule has 0 saturated carbocycles. The number of allylic oxidation sites excluding steroid dienone is 2. The lowest BCUT2D eigenvalue weighted by Crippen LogP contribution is -2.15. The SMILES string of the molecule is C1=CC2Oc3ccc(N(c4ccccc4)c4cc5oc6cc7ccccc7cc6c5c5ccccc45)cc3C2C=C1. The molecule has 2 heterocycles. The molecule has 2 unspecified atom stereocenters. The number of hydrogen-bond acceptors (Lipinski definition) is 3. The van der Waals surface area contributed by atoms with Gasteiger partial charge in [0.15, 0.2) is 0 Å². The number of para-hydroxylation sites is 1. The average Bonchev–Trinajstić information content (AvgIpc) is 3.58. The van der Waals surface area contributed by atoms with Crippen LogP contribution >= 0.6 is 0 Å². The highest BCUT2D eigenvalue weighted by molar-refractivity contribution is 6.23. The number of anilines is 3. The molecular weight excluding hydrogens is 502 g/mol. The fourth-order valence-electron chi connectivity index (χ4n) is 6.67. The largest absolute Gasteiger partial charge is 0.485 e. The normalized spacial score (nSPS) is 17.3. The number of ether oxygens (including phenoxy) is 1. The minimum Gasteiger partial charge on any atom is -0.485 e. The standard InChI is InChI=1S/C38H25NO2/c1-2-12-26(13-3-1)39(27-18-19-35-31(22-27)29-15-8-9-17-34(29)40-35)33-23-37-38(30-16-7-6-14-28(30)33)32-20-24-10-4-5-11-25(24)21-36(32)41-37/h1-23,29,34H. The number of furan rings is 1. The van der Waals surface area contributed by atoms with Gasteiger partial charge in [0.25, 0.3) is 0 Å². The maximum absolute atomic E-state index is 6.61. The molecule has 7 aromatic rings. The molecule has 1 aliphatic heterocycles. The molecule has 194 valence electrons. The zero-order valence-corrected chi connectivity index (χ0v) is 22.2.